The standard InChI is InChI=1S/C15H10Cl4O2/c1-8(21-13-4-2-3-11(17)14(13)19)15(20)10-6-5-9(16)7-12(10)18/h2-8H,1H3. The van der Waals surface area contributed by atoms with Crippen LogP contribution in [0.4, 0.5) is 0 Å². The topological polar surface area (TPSA) is 26.3 Å². The van der Waals surface area contributed by atoms with Crippen molar-refractivity contribution in [3.05, 3.63) is 62.1 Å². The fourth-order valence-electron chi connectivity index (χ4n) is 1.73. The van der Waals surface area contributed by atoms with Crippen molar-refractivity contribution in [1.29, 1.82) is 0 Å². The number of carbonyl (C=O) groups is 1. The Bertz CT molecular complexity index is 685. The van der Waals surface area contributed by atoms with Crippen molar-refractivity contribution in [2.24, 2.45) is 0 Å². The minimum Gasteiger partial charge on any atom is -0.481 e. The van der Waals surface area contributed by atoms with E-state index in [4.69, 9.17) is 51.1 Å². The Morgan fingerprint density at radius 1 is 1.05 bits per heavy atom. The number of rotatable bonds is 4. The van der Waals surface area contributed by atoms with Gasteiger partial charge in [0.1, 0.15) is 10.8 Å². The van der Waals surface area contributed by atoms with Crippen molar-refractivity contribution in [3.63, 3.8) is 0 Å². The fourth-order valence-corrected chi connectivity index (χ4v) is 2.57. The van der Waals surface area contributed by atoms with Gasteiger partial charge in [0.05, 0.1) is 10.0 Å². The number of Topliss-reactive ketones (excluding diaryl/α,β-unsaturated/α-hetero) is 1. The van der Waals surface area contributed by atoms with Gasteiger partial charge in [-0.3, -0.25) is 4.79 Å². The van der Waals surface area contributed by atoms with E-state index in [9.17, 15) is 4.79 Å². The number of ether oxygens (including phenoxy) is 1. The lowest BCUT2D eigenvalue weighted by atomic mass is 10.1. The van der Waals surface area contributed by atoms with E-state index in [2.05, 4.69) is 0 Å². The van der Waals surface area contributed by atoms with Crippen LogP contribution in [0.15, 0.2) is 36.4 Å². The molecule has 0 bridgehead atoms. The van der Waals surface area contributed by atoms with Crippen LogP contribution < -0.4 is 4.74 Å². The van der Waals surface area contributed by atoms with Gasteiger partial charge in [0.25, 0.3) is 0 Å². The molecule has 1 atom stereocenters. The molecule has 0 N–H and O–H groups in total. The van der Waals surface area contributed by atoms with Gasteiger partial charge in [-0.05, 0) is 37.3 Å². The maximum absolute atomic E-state index is 12.3. The largest absolute Gasteiger partial charge is 0.481 e. The van der Waals surface area contributed by atoms with Crippen LogP contribution in [0.3, 0.4) is 0 Å². The Hall–Kier alpha value is -0.930. The molecular weight excluding hydrogens is 354 g/mol. The molecule has 2 nitrogen and oxygen atoms in total. The van der Waals surface area contributed by atoms with Crippen molar-refractivity contribution in [1.82, 2.24) is 0 Å². The van der Waals surface area contributed by atoms with Gasteiger partial charge in [0.15, 0.2) is 6.10 Å². The summed E-state index contributed by atoms with van der Waals surface area (Å²) in [4.78, 5) is 12.3. The number of benzene rings is 2. The lowest BCUT2D eigenvalue weighted by Gasteiger charge is -2.16. The van der Waals surface area contributed by atoms with Crippen LogP contribution in [0.1, 0.15) is 17.3 Å². The second-order valence-corrected chi connectivity index (χ2v) is 5.93. The highest BCUT2D eigenvalue weighted by molar-refractivity contribution is 6.43. The Balaban J connectivity index is 2.21. The molecule has 2 aromatic rings. The first-order valence-corrected chi connectivity index (χ1v) is 7.51. The average molecular weight is 364 g/mol. The van der Waals surface area contributed by atoms with Crippen LogP contribution in [0.25, 0.3) is 0 Å². The molecule has 0 fully saturated rings. The van der Waals surface area contributed by atoms with Crippen LogP contribution >= 0.6 is 46.4 Å². The summed E-state index contributed by atoms with van der Waals surface area (Å²) in [6, 6.07) is 9.64. The third-order valence-electron chi connectivity index (χ3n) is 2.79. The van der Waals surface area contributed by atoms with E-state index < -0.39 is 6.10 Å². The van der Waals surface area contributed by atoms with E-state index in [1.54, 1.807) is 37.3 Å². The van der Waals surface area contributed by atoms with Crippen LogP contribution in [-0.2, 0) is 0 Å². The summed E-state index contributed by atoms with van der Waals surface area (Å²) in [6.07, 6.45) is -0.764. The van der Waals surface area contributed by atoms with Gasteiger partial charge in [-0.15, -0.1) is 0 Å². The van der Waals surface area contributed by atoms with Gasteiger partial charge in [-0.1, -0.05) is 52.5 Å². The lowest BCUT2D eigenvalue weighted by molar-refractivity contribution is 0.0818. The van der Waals surface area contributed by atoms with E-state index in [0.29, 0.717) is 21.4 Å². The molecule has 0 spiro atoms. The molecule has 0 radical (unpaired) electrons. The van der Waals surface area contributed by atoms with Gasteiger partial charge in [-0.25, -0.2) is 0 Å². The zero-order valence-corrected chi connectivity index (χ0v) is 13.9. The first-order chi connectivity index (χ1) is 9.90. The normalized spacial score (nSPS) is 12.0. The summed E-state index contributed by atoms with van der Waals surface area (Å²) in [5.41, 5.74) is 0.340. The molecule has 0 heterocycles. The highest BCUT2D eigenvalue weighted by Crippen LogP contribution is 2.32. The molecule has 2 aromatic carbocycles. The van der Waals surface area contributed by atoms with Crippen molar-refractivity contribution in [3.8, 4) is 5.75 Å². The fraction of sp³-hybridized carbons (Fsp3) is 0.133. The third-order valence-corrected chi connectivity index (χ3v) is 4.14. The lowest BCUT2D eigenvalue weighted by Crippen LogP contribution is -2.24. The number of ketones is 1. The summed E-state index contributed by atoms with van der Waals surface area (Å²) < 4.78 is 5.57. The van der Waals surface area contributed by atoms with Crippen molar-refractivity contribution in [2.75, 3.05) is 0 Å². The number of hydrogen-bond acceptors (Lipinski definition) is 2. The molecule has 0 amide bonds. The van der Waals surface area contributed by atoms with Gasteiger partial charge in [0.2, 0.25) is 5.78 Å². The molecule has 0 saturated carbocycles. The Morgan fingerprint density at radius 3 is 2.43 bits per heavy atom. The van der Waals surface area contributed by atoms with Crippen molar-refractivity contribution < 1.29 is 9.53 Å². The van der Waals surface area contributed by atoms with E-state index in [1.165, 1.54) is 6.07 Å². The average Bonchev–Trinajstić information content (AvgIpc) is 2.43. The summed E-state index contributed by atoms with van der Waals surface area (Å²) >= 11 is 23.8. The molecule has 6 heteroatoms. The summed E-state index contributed by atoms with van der Waals surface area (Å²) in [5, 5.41) is 1.36. The van der Waals surface area contributed by atoms with E-state index in [-0.39, 0.29) is 15.8 Å². The molecule has 1 unspecified atom stereocenters. The molecule has 2 rings (SSSR count). The molecule has 0 saturated heterocycles. The van der Waals surface area contributed by atoms with Crippen LogP contribution in [-0.4, -0.2) is 11.9 Å². The monoisotopic (exact) mass is 362 g/mol. The van der Waals surface area contributed by atoms with Gasteiger partial charge in [-0.2, -0.15) is 0 Å². The highest BCUT2D eigenvalue weighted by Gasteiger charge is 2.21. The van der Waals surface area contributed by atoms with Crippen molar-refractivity contribution in [2.45, 2.75) is 13.0 Å². The predicted molar refractivity (Wildman–Crippen MR) is 87.3 cm³/mol. The van der Waals surface area contributed by atoms with Gasteiger partial charge >= 0.3 is 0 Å². The molecule has 21 heavy (non-hydrogen) atoms. The predicted octanol–water partition coefficient (Wildman–Crippen LogP) is 5.95. The Morgan fingerprint density at radius 2 is 1.76 bits per heavy atom. The second kappa shape index (κ2) is 6.89. The third kappa shape index (κ3) is 3.83. The maximum Gasteiger partial charge on any atom is 0.204 e. The van der Waals surface area contributed by atoms with E-state index in [1.807, 2.05) is 0 Å². The minimum absolute atomic E-state index is 0.265. The highest BCUT2D eigenvalue weighted by atomic mass is 35.5. The molecule has 110 valence electrons. The molecule has 0 aliphatic rings. The number of hydrogen-bond donors (Lipinski definition) is 0. The zero-order chi connectivity index (χ0) is 15.6. The van der Waals surface area contributed by atoms with Gasteiger partial charge in [0, 0.05) is 10.6 Å². The molecule has 0 aliphatic heterocycles. The molecular formula is C15H10Cl4O2. The Labute approximate surface area is 142 Å². The number of carbonyl (C=O) groups excluding carboxylic acids is 1. The van der Waals surface area contributed by atoms with Crippen LogP contribution in [0, 0.1) is 0 Å². The van der Waals surface area contributed by atoms with Gasteiger partial charge < -0.3 is 4.74 Å². The SMILES string of the molecule is CC(Oc1cccc(Cl)c1Cl)C(=O)c1ccc(Cl)cc1Cl. The molecule has 0 aliphatic carbocycles. The van der Waals surface area contributed by atoms with E-state index in [0.717, 1.165) is 0 Å². The summed E-state index contributed by atoms with van der Waals surface area (Å²) in [7, 11) is 0. The first kappa shape index (κ1) is 16.4. The molecule has 0 aromatic heterocycles. The van der Waals surface area contributed by atoms with Crippen LogP contribution in [0.2, 0.25) is 20.1 Å². The smallest absolute Gasteiger partial charge is 0.204 e. The summed E-state index contributed by atoms with van der Waals surface area (Å²) in [5.74, 6) is 0.0720. The Kier molecular flexibility index (Phi) is 5.39. The van der Waals surface area contributed by atoms with Crippen molar-refractivity contribution >= 4 is 52.2 Å². The number of halogens is 4. The second-order valence-electron chi connectivity index (χ2n) is 4.30. The quantitative estimate of drug-likeness (QED) is 0.627. The van der Waals surface area contributed by atoms with Crippen LogP contribution in [0.5, 0.6) is 5.75 Å². The maximum atomic E-state index is 12.3. The summed E-state index contributed by atoms with van der Waals surface area (Å²) in [6.45, 7) is 1.62. The first-order valence-electron chi connectivity index (χ1n) is 6.00. The zero-order valence-electron chi connectivity index (χ0n) is 10.9. The van der Waals surface area contributed by atoms with E-state index >= 15 is 0 Å². The minimum atomic E-state index is -0.764.